The molecule has 1 fully saturated rings. The van der Waals surface area contributed by atoms with Gasteiger partial charge in [0.15, 0.2) is 11.5 Å². The highest BCUT2D eigenvalue weighted by molar-refractivity contribution is 5.98. The maximum absolute atomic E-state index is 14.2. The zero-order valence-electron chi connectivity index (χ0n) is 26.8. The molecule has 0 spiro atoms. The van der Waals surface area contributed by atoms with Crippen LogP contribution in [0.2, 0.25) is 0 Å². The van der Waals surface area contributed by atoms with Crippen LogP contribution < -0.4 is 24.8 Å². The molecule has 4 rings (SSSR count). The van der Waals surface area contributed by atoms with Gasteiger partial charge in [-0.25, -0.2) is 4.39 Å². The first kappa shape index (κ1) is 33.5. The largest absolute Gasteiger partial charge is 0.492 e. The molecule has 0 amide bonds. The molecule has 2 aromatic carbocycles. The summed E-state index contributed by atoms with van der Waals surface area (Å²) in [5, 5.41) is 7.77. The molecular weight excluding hydrogens is 563 g/mol. The Balaban J connectivity index is 1.12. The van der Waals surface area contributed by atoms with Gasteiger partial charge in [-0.05, 0) is 50.8 Å². The molecule has 3 aromatic rings. The number of carbonyl (C=O) groups excluding carboxylic acids is 2. The summed E-state index contributed by atoms with van der Waals surface area (Å²) in [5.74, 6) is 0.950. The fourth-order valence-corrected chi connectivity index (χ4v) is 5.19. The fraction of sp³-hybridized carbons (Fsp3) is 0.543. The van der Waals surface area contributed by atoms with Crippen molar-refractivity contribution in [1.82, 2.24) is 10.6 Å². The number of nitrogens with one attached hydrogen (secondary N) is 2. The van der Waals surface area contributed by atoms with Crippen molar-refractivity contribution in [2.24, 2.45) is 11.8 Å². The highest BCUT2D eigenvalue weighted by Gasteiger charge is 2.31. The Morgan fingerprint density at radius 3 is 2.41 bits per heavy atom. The number of carbonyl (C=O) groups is 2. The average Bonchev–Trinajstić information content (AvgIpc) is 3.38. The summed E-state index contributed by atoms with van der Waals surface area (Å²) in [6.45, 7) is 12.9. The van der Waals surface area contributed by atoms with Gasteiger partial charge in [0.1, 0.15) is 48.0 Å². The minimum atomic E-state index is -0.452. The van der Waals surface area contributed by atoms with Gasteiger partial charge in [-0.15, -0.1) is 0 Å². The highest BCUT2D eigenvalue weighted by atomic mass is 19.1. The van der Waals surface area contributed by atoms with Crippen molar-refractivity contribution >= 4 is 22.5 Å². The molecule has 1 aliphatic carbocycles. The third kappa shape index (κ3) is 9.79. The predicted octanol–water partition coefficient (Wildman–Crippen LogP) is 6.74. The molecule has 1 aliphatic rings. The van der Waals surface area contributed by atoms with Gasteiger partial charge < -0.3 is 29.3 Å². The topological polar surface area (TPSA) is 99.0 Å². The van der Waals surface area contributed by atoms with Crippen molar-refractivity contribution in [2.75, 3.05) is 19.8 Å². The van der Waals surface area contributed by atoms with Crippen LogP contribution in [0.3, 0.4) is 0 Å². The van der Waals surface area contributed by atoms with Gasteiger partial charge in [-0.2, -0.15) is 0 Å². The number of ketones is 2. The summed E-state index contributed by atoms with van der Waals surface area (Å²) in [5.41, 5.74) is 0.628. The summed E-state index contributed by atoms with van der Waals surface area (Å²) in [6.07, 6.45) is 3.32. The highest BCUT2D eigenvalue weighted by Crippen LogP contribution is 2.30. The predicted molar refractivity (Wildman–Crippen MR) is 169 cm³/mol. The molecule has 0 radical (unpaired) electrons. The summed E-state index contributed by atoms with van der Waals surface area (Å²) >= 11 is 0. The number of benzene rings is 2. The zero-order valence-corrected chi connectivity index (χ0v) is 26.8. The van der Waals surface area contributed by atoms with Crippen molar-refractivity contribution in [3.8, 4) is 17.2 Å². The Labute approximate surface area is 260 Å². The number of ether oxygens (including phenoxy) is 3. The van der Waals surface area contributed by atoms with Crippen LogP contribution in [0.4, 0.5) is 4.39 Å². The van der Waals surface area contributed by atoms with Crippen LogP contribution in [0.15, 0.2) is 46.9 Å². The Kier molecular flexibility index (Phi) is 11.8. The zero-order chi connectivity index (χ0) is 31.8. The van der Waals surface area contributed by atoms with Gasteiger partial charge in [-0.1, -0.05) is 34.6 Å². The third-order valence-corrected chi connectivity index (χ3v) is 7.90. The molecule has 0 aliphatic heterocycles. The molecular formula is C35H47FN2O6. The standard InChI is InChI=1S/C35H47FN2O6/c1-21(2)35(40)34-13-25-9-10-28(19-33(25)44-34)41-12-11-37-24(6)8-7-23(5)32(39)20-42-29-14-26(36)15-30(18-29)43-31-16-27(17-31)38-22(3)4/h9-10,13-15,18-19,21-24,27,31,37-38H,7-8,11-12,16-17,20H2,1-6H3/t23?,24?,27-,31+. The summed E-state index contributed by atoms with van der Waals surface area (Å²) < 4.78 is 37.4. The minimum Gasteiger partial charge on any atom is -0.492 e. The first-order valence-electron chi connectivity index (χ1n) is 15.8. The van der Waals surface area contributed by atoms with Gasteiger partial charge in [0.25, 0.3) is 0 Å². The smallest absolute Gasteiger partial charge is 0.200 e. The van der Waals surface area contributed by atoms with E-state index in [-0.39, 0.29) is 42.2 Å². The van der Waals surface area contributed by atoms with Gasteiger partial charge >= 0.3 is 0 Å². The van der Waals surface area contributed by atoms with Gasteiger partial charge in [0, 0.05) is 66.2 Å². The molecule has 1 heterocycles. The molecule has 8 nitrogen and oxygen atoms in total. The molecule has 2 N–H and O–H groups in total. The van der Waals surface area contributed by atoms with E-state index in [0.29, 0.717) is 60.2 Å². The summed E-state index contributed by atoms with van der Waals surface area (Å²) in [6, 6.07) is 12.6. The van der Waals surface area contributed by atoms with E-state index in [1.807, 2.05) is 32.9 Å². The van der Waals surface area contributed by atoms with Crippen LogP contribution in [0.1, 0.15) is 77.8 Å². The Morgan fingerprint density at radius 2 is 1.68 bits per heavy atom. The van der Waals surface area contributed by atoms with Crippen molar-refractivity contribution in [3.05, 3.63) is 54.0 Å². The molecule has 44 heavy (non-hydrogen) atoms. The lowest BCUT2D eigenvalue weighted by Gasteiger charge is -2.37. The summed E-state index contributed by atoms with van der Waals surface area (Å²) in [4.78, 5) is 24.9. The van der Waals surface area contributed by atoms with Crippen molar-refractivity contribution in [3.63, 3.8) is 0 Å². The van der Waals surface area contributed by atoms with Crippen LogP contribution in [0, 0.1) is 17.7 Å². The van der Waals surface area contributed by atoms with Gasteiger partial charge in [-0.3, -0.25) is 9.59 Å². The maximum Gasteiger partial charge on any atom is 0.200 e. The van der Waals surface area contributed by atoms with E-state index >= 15 is 0 Å². The molecule has 1 aromatic heterocycles. The molecule has 1 saturated carbocycles. The van der Waals surface area contributed by atoms with Crippen LogP contribution in [0.5, 0.6) is 17.2 Å². The summed E-state index contributed by atoms with van der Waals surface area (Å²) in [7, 11) is 0. The second-order valence-electron chi connectivity index (χ2n) is 12.6. The van der Waals surface area contributed by atoms with Crippen molar-refractivity contribution in [1.29, 1.82) is 0 Å². The van der Waals surface area contributed by atoms with E-state index in [1.54, 1.807) is 18.2 Å². The molecule has 2 atom stereocenters. The van der Waals surface area contributed by atoms with E-state index in [1.165, 1.54) is 12.1 Å². The number of hydrogen-bond donors (Lipinski definition) is 2. The lowest BCUT2D eigenvalue weighted by Crippen LogP contribution is -2.49. The molecule has 240 valence electrons. The Hall–Kier alpha value is -3.43. The third-order valence-electron chi connectivity index (χ3n) is 7.90. The van der Waals surface area contributed by atoms with Gasteiger partial charge in [0.05, 0.1) is 0 Å². The van der Waals surface area contributed by atoms with E-state index in [4.69, 9.17) is 18.6 Å². The monoisotopic (exact) mass is 610 g/mol. The van der Waals surface area contributed by atoms with Crippen LogP contribution >= 0.6 is 0 Å². The molecule has 0 bridgehead atoms. The van der Waals surface area contributed by atoms with Crippen molar-refractivity contribution in [2.45, 2.75) is 91.5 Å². The molecule has 9 heteroatoms. The Bertz CT molecular complexity index is 1400. The first-order valence-corrected chi connectivity index (χ1v) is 15.8. The number of hydrogen-bond acceptors (Lipinski definition) is 8. The quantitative estimate of drug-likeness (QED) is 0.121. The number of fused-ring (bicyclic) bond motifs is 1. The first-order chi connectivity index (χ1) is 21.0. The fourth-order valence-electron chi connectivity index (χ4n) is 5.19. The number of halogens is 1. The number of rotatable bonds is 18. The van der Waals surface area contributed by atoms with Crippen molar-refractivity contribution < 1.29 is 32.6 Å². The molecule has 2 unspecified atom stereocenters. The second kappa shape index (κ2) is 15.5. The lowest BCUT2D eigenvalue weighted by atomic mass is 9.88. The van der Waals surface area contributed by atoms with E-state index in [2.05, 4.69) is 31.4 Å². The maximum atomic E-state index is 14.2. The lowest BCUT2D eigenvalue weighted by molar-refractivity contribution is -0.124. The molecule has 0 saturated heterocycles. The van der Waals surface area contributed by atoms with Crippen LogP contribution in [-0.2, 0) is 4.79 Å². The average molecular weight is 611 g/mol. The second-order valence-corrected chi connectivity index (χ2v) is 12.6. The van der Waals surface area contributed by atoms with Crippen LogP contribution in [0.25, 0.3) is 11.0 Å². The number of Topliss-reactive ketones (excluding diaryl/α,β-unsaturated/α-hetero) is 2. The Morgan fingerprint density at radius 1 is 0.932 bits per heavy atom. The van der Waals surface area contributed by atoms with Crippen LogP contribution in [-0.4, -0.2) is 55.6 Å². The van der Waals surface area contributed by atoms with Gasteiger partial charge in [0.2, 0.25) is 5.78 Å². The van der Waals surface area contributed by atoms with E-state index in [0.717, 1.165) is 24.6 Å². The number of furan rings is 1. The van der Waals surface area contributed by atoms with E-state index in [9.17, 15) is 14.0 Å². The van der Waals surface area contributed by atoms with E-state index < -0.39 is 5.82 Å². The SMILES string of the molecule is CC(CCC(C)C(=O)COc1cc(F)cc(O[C@H]2C[C@@H](NC(C)C)C2)c1)NCCOc1ccc2cc(C(=O)C(C)C)oc2c1. The normalized spacial score (nSPS) is 17.8. The minimum absolute atomic E-state index is 0.0199.